The molecular formula is C13H20N2O3. The van der Waals surface area contributed by atoms with Gasteiger partial charge in [0, 0.05) is 6.04 Å². The van der Waals surface area contributed by atoms with Crippen molar-refractivity contribution in [3.8, 4) is 11.5 Å². The molecule has 0 aliphatic rings. The maximum absolute atomic E-state index is 10.7. The van der Waals surface area contributed by atoms with Crippen LogP contribution in [0.4, 0.5) is 0 Å². The van der Waals surface area contributed by atoms with Crippen LogP contribution in [0.25, 0.3) is 0 Å². The van der Waals surface area contributed by atoms with Gasteiger partial charge >= 0.3 is 0 Å². The van der Waals surface area contributed by atoms with Crippen LogP contribution in [0, 0.1) is 0 Å². The van der Waals surface area contributed by atoms with Crippen molar-refractivity contribution in [2.24, 2.45) is 11.5 Å². The highest BCUT2D eigenvalue weighted by atomic mass is 16.5. The lowest BCUT2D eigenvalue weighted by Gasteiger charge is -2.12. The van der Waals surface area contributed by atoms with E-state index < -0.39 is 0 Å². The maximum atomic E-state index is 10.7. The third-order valence-electron chi connectivity index (χ3n) is 2.39. The third kappa shape index (κ3) is 4.63. The molecule has 0 aliphatic heterocycles. The fourth-order valence-corrected chi connectivity index (χ4v) is 1.59. The second-order valence-corrected chi connectivity index (χ2v) is 4.23. The van der Waals surface area contributed by atoms with E-state index in [2.05, 4.69) is 0 Å². The average molecular weight is 252 g/mol. The average Bonchev–Trinajstić information content (AvgIpc) is 2.28. The van der Waals surface area contributed by atoms with E-state index in [9.17, 15) is 4.79 Å². The molecule has 0 radical (unpaired) electrons. The number of rotatable bonds is 7. The van der Waals surface area contributed by atoms with Gasteiger partial charge in [0.05, 0.1) is 20.1 Å². The van der Waals surface area contributed by atoms with Crippen LogP contribution >= 0.6 is 0 Å². The zero-order valence-corrected chi connectivity index (χ0v) is 10.8. The summed E-state index contributed by atoms with van der Waals surface area (Å²) in [6.07, 6.45) is 0.941. The fraction of sp³-hybridized carbons (Fsp3) is 0.462. The monoisotopic (exact) mass is 252 g/mol. The molecule has 0 aliphatic carbocycles. The van der Waals surface area contributed by atoms with E-state index in [0.29, 0.717) is 11.5 Å². The molecule has 1 atom stereocenters. The summed E-state index contributed by atoms with van der Waals surface area (Å²) in [4.78, 5) is 10.7. The van der Waals surface area contributed by atoms with Crippen LogP contribution in [0.1, 0.15) is 18.9 Å². The van der Waals surface area contributed by atoms with Crippen molar-refractivity contribution < 1.29 is 14.3 Å². The Kier molecular flexibility index (Phi) is 5.45. The summed E-state index contributed by atoms with van der Waals surface area (Å²) < 4.78 is 10.7. The van der Waals surface area contributed by atoms with E-state index in [1.54, 1.807) is 7.11 Å². The Balaban J connectivity index is 2.75. The molecule has 1 amide bonds. The van der Waals surface area contributed by atoms with Gasteiger partial charge in [0.2, 0.25) is 5.91 Å². The lowest BCUT2D eigenvalue weighted by Crippen LogP contribution is -2.18. The van der Waals surface area contributed by atoms with E-state index in [1.165, 1.54) is 0 Å². The Morgan fingerprint density at radius 2 is 2.11 bits per heavy atom. The molecule has 0 bridgehead atoms. The molecule has 0 saturated heterocycles. The minimum atomic E-state index is -0.388. The lowest BCUT2D eigenvalue weighted by atomic mass is 10.1. The normalized spacial score (nSPS) is 11.9. The van der Waals surface area contributed by atoms with Gasteiger partial charge < -0.3 is 20.9 Å². The van der Waals surface area contributed by atoms with E-state index in [0.717, 1.165) is 12.0 Å². The highest BCUT2D eigenvalue weighted by Gasteiger charge is 2.07. The molecule has 1 aromatic rings. The molecule has 1 rings (SSSR count). The summed E-state index contributed by atoms with van der Waals surface area (Å²) >= 11 is 0. The van der Waals surface area contributed by atoms with Crippen LogP contribution in [0.3, 0.4) is 0 Å². The quantitative estimate of drug-likeness (QED) is 0.752. The first kappa shape index (κ1) is 14.3. The van der Waals surface area contributed by atoms with Gasteiger partial charge in [-0.1, -0.05) is 6.07 Å². The topological polar surface area (TPSA) is 87.6 Å². The Morgan fingerprint density at radius 1 is 1.39 bits per heavy atom. The number of nitrogens with two attached hydrogens (primary N) is 2. The highest BCUT2D eigenvalue weighted by Crippen LogP contribution is 2.28. The second kappa shape index (κ2) is 6.86. The number of amides is 1. The summed E-state index contributed by atoms with van der Waals surface area (Å²) in [6.45, 7) is 2.19. The predicted octanol–water partition coefficient (Wildman–Crippen LogP) is 0.839. The number of ether oxygens (including phenoxy) is 2. The number of carbonyl (C=O) groups is 1. The number of hydrogen-bond donors (Lipinski definition) is 2. The summed E-state index contributed by atoms with van der Waals surface area (Å²) in [6, 6.07) is 5.74. The van der Waals surface area contributed by atoms with Crippen molar-refractivity contribution in [2.45, 2.75) is 25.8 Å². The van der Waals surface area contributed by atoms with Gasteiger partial charge in [-0.25, -0.2) is 0 Å². The highest BCUT2D eigenvalue weighted by molar-refractivity contribution is 5.73. The van der Waals surface area contributed by atoms with Gasteiger partial charge in [-0.05, 0) is 31.0 Å². The minimum absolute atomic E-state index is 0.0804. The lowest BCUT2D eigenvalue weighted by molar-refractivity contribution is -0.118. The number of hydrogen-bond acceptors (Lipinski definition) is 4. The van der Waals surface area contributed by atoms with Crippen LogP contribution in [0.15, 0.2) is 18.2 Å². The first-order valence-electron chi connectivity index (χ1n) is 5.86. The van der Waals surface area contributed by atoms with Crippen molar-refractivity contribution in [1.29, 1.82) is 0 Å². The van der Waals surface area contributed by atoms with E-state index in [4.69, 9.17) is 20.9 Å². The summed E-state index contributed by atoms with van der Waals surface area (Å²) in [5, 5.41) is 0. The largest absolute Gasteiger partial charge is 0.493 e. The standard InChI is InChI=1S/C13H20N2O3/c1-9(14)7-10-3-4-11(17-2)12(8-10)18-6-5-13(15)16/h3-4,8-9H,5-7,14H2,1-2H3,(H2,15,16). The van der Waals surface area contributed by atoms with Crippen LogP contribution in [0.2, 0.25) is 0 Å². The SMILES string of the molecule is COc1ccc(CC(C)N)cc1OCCC(N)=O. The van der Waals surface area contributed by atoms with Crippen molar-refractivity contribution >= 4 is 5.91 Å². The number of methoxy groups -OCH3 is 1. The molecule has 0 aromatic heterocycles. The van der Waals surface area contributed by atoms with Gasteiger partial charge in [0.15, 0.2) is 11.5 Å². The van der Waals surface area contributed by atoms with E-state index in [-0.39, 0.29) is 25.0 Å². The van der Waals surface area contributed by atoms with Crippen molar-refractivity contribution in [2.75, 3.05) is 13.7 Å². The maximum Gasteiger partial charge on any atom is 0.220 e. The molecular weight excluding hydrogens is 232 g/mol. The molecule has 0 heterocycles. The fourth-order valence-electron chi connectivity index (χ4n) is 1.59. The molecule has 5 nitrogen and oxygen atoms in total. The number of benzene rings is 1. The van der Waals surface area contributed by atoms with Gasteiger partial charge in [-0.15, -0.1) is 0 Å². The molecule has 1 unspecified atom stereocenters. The summed E-state index contributed by atoms with van der Waals surface area (Å²) in [7, 11) is 1.57. The van der Waals surface area contributed by atoms with Gasteiger partial charge in [-0.3, -0.25) is 4.79 Å². The zero-order chi connectivity index (χ0) is 13.5. The summed E-state index contributed by atoms with van der Waals surface area (Å²) in [5.41, 5.74) is 11.9. The Bertz CT molecular complexity index is 405. The molecule has 100 valence electrons. The van der Waals surface area contributed by atoms with Crippen LogP contribution < -0.4 is 20.9 Å². The summed E-state index contributed by atoms with van der Waals surface area (Å²) in [5.74, 6) is 0.852. The molecule has 4 N–H and O–H groups in total. The first-order valence-corrected chi connectivity index (χ1v) is 5.86. The third-order valence-corrected chi connectivity index (χ3v) is 2.39. The van der Waals surface area contributed by atoms with E-state index >= 15 is 0 Å². The molecule has 0 fully saturated rings. The minimum Gasteiger partial charge on any atom is -0.493 e. The van der Waals surface area contributed by atoms with Crippen LogP contribution in [0.5, 0.6) is 11.5 Å². The van der Waals surface area contributed by atoms with E-state index in [1.807, 2.05) is 25.1 Å². The molecule has 18 heavy (non-hydrogen) atoms. The smallest absolute Gasteiger partial charge is 0.220 e. The molecule has 1 aromatic carbocycles. The zero-order valence-electron chi connectivity index (χ0n) is 10.8. The Hall–Kier alpha value is -1.75. The Labute approximate surface area is 107 Å². The molecule has 5 heteroatoms. The van der Waals surface area contributed by atoms with Crippen molar-refractivity contribution in [1.82, 2.24) is 0 Å². The first-order chi connectivity index (χ1) is 8.52. The van der Waals surface area contributed by atoms with Crippen LogP contribution in [-0.2, 0) is 11.2 Å². The number of carbonyl (C=O) groups excluding carboxylic acids is 1. The van der Waals surface area contributed by atoms with Gasteiger partial charge in [-0.2, -0.15) is 0 Å². The van der Waals surface area contributed by atoms with Crippen molar-refractivity contribution in [3.63, 3.8) is 0 Å². The predicted molar refractivity (Wildman–Crippen MR) is 69.7 cm³/mol. The van der Waals surface area contributed by atoms with Gasteiger partial charge in [0.25, 0.3) is 0 Å². The molecule has 0 spiro atoms. The van der Waals surface area contributed by atoms with Gasteiger partial charge in [0.1, 0.15) is 0 Å². The molecule has 0 saturated carbocycles. The Morgan fingerprint density at radius 3 is 2.67 bits per heavy atom. The van der Waals surface area contributed by atoms with Crippen LogP contribution in [-0.4, -0.2) is 25.7 Å². The van der Waals surface area contributed by atoms with Crippen molar-refractivity contribution in [3.05, 3.63) is 23.8 Å². The second-order valence-electron chi connectivity index (χ2n) is 4.23. The number of primary amides is 1.